The second-order valence-corrected chi connectivity index (χ2v) is 5.68. The first kappa shape index (κ1) is 13.8. The molecule has 0 amide bonds. The van der Waals surface area contributed by atoms with Crippen LogP contribution in [-0.2, 0) is 0 Å². The maximum atomic E-state index is 9.89. The van der Waals surface area contributed by atoms with Crippen molar-refractivity contribution in [1.82, 2.24) is 15.1 Å². The van der Waals surface area contributed by atoms with Crippen molar-refractivity contribution in [3.63, 3.8) is 0 Å². The molecule has 0 atom stereocenters. The number of phenolic OH excluding ortho intramolecular Hbond substituents is 1. The molecule has 21 heavy (non-hydrogen) atoms. The minimum Gasteiger partial charge on any atom is -0.507 e. The molecule has 2 aromatic heterocycles. The van der Waals surface area contributed by atoms with Crippen molar-refractivity contribution in [2.24, 2.45) is 0 Å². The van der Waals surface area contributed by atoms with Crippen molar-refractivity contribution in [3.05, 3.63) is 46.1 Å². The van der Waals surface area contributed by atoms with Crippen LogP contribution in [0.25, 0.3) is 23.0 Å². The maximum Gasteiger partial charge on any atom is 0.262 e. The minimum atomic E-state index is 0.0852. The highest BCUT2D eigenvalue weighted by atomic mass is 79.9. The van der Waals surface area contributed by atoms with Crippen LogP contribution in [0.3, 0.4) is 0 Å². The lowest BCUT2D eigenvalue weighted by Crippen LogP contribution is -1.91. The van der Waals surface area contributed by atoms with E-state index in [2.05, 4.69) is 31.1 Å². The van der Waals surface area contributed by atoms with Crippen LogP contribution >= 0.6 is 15.9 Å². The molecule has 0 radical (unpaired) electrons. The molecule has 0 aliphatic heterocycles. The summed E-state index contributed by atoms with van der Waals surface area (Å²) >= 11 is 3.35. The molecule has 1 N–H and O–H groups in total. The molecule has 106 valence electrons. The van der Waals surface area contributed by atoms with Gasteiger partial charge in [0, 0.05) is 10.7 Å². The number of rotatable bonds is 2. The standard InChI is InChI=1S/C15H12BrN3O2/c1-8-5-9(2)13(17-7-8)14-18-15(21-19-14)11-6-10(16)3-4-12(11)20/h3-7,20H,1-2H3. The van der Waals surface area contributed by atoms with Gasteiger partial charge in [-0.2, -0.15) is 4.98 Å². The summed E-state index contributed by atoms with van der Waals surface area (Å²) in [7, 11) is 0. The molecule has 0 saturated heterocycles. The second-order valence-electron chi connectivity index (χ2n) is 4.76. The third-order valence-electron chi connectivity index (χ3n) is 3.04. The van der Waals surface area contributed by atoms with Gasteiger partial charge in [0.05, 0.1) is 5.56 Å². The van der Waals surface area contributed by atoms with Gasteiger partial charge in [0.1, 0.15) is 11.4 Å². The van der Waals surface area contributed by atoms with E-state index in [1.54, 1.807) is 24.4 Å². The average molecular weight is 346 g/mol. The van der Waals surface area contributed by atoms with Gasteiger partial charge in [-0.1, -0.05) is 27.2 Å². The van der Waals surface area contributed by atoms with Gasteiger partial charge in [-0.25, -0.2) is 0 Å². The number of hydrogen-bond donors (Lipinski definition) is 1. The van der Waals surface area contributed by atoms with E-state index in [9.17, 15) is 5.11 Å². The smallest absolute Gasteiger partial charge is 0.262 e. The largest absolute Gasteiger partial charge is 0.507 e. The Kier molecular flexibility index (Phi) is 3.47. The van der Waals surface area contributed by atoms with Crippen LogP contribution in [0.1, 0.15) is 11.1 Å². The Morgan fingerprint density at radius 1 is 1.19 bits per heavy atom. The van der Waals surface area contributed by atoms with E-state index in [4.69, 9.17) is 4.52 Å². The summed E-state index contributed by atoms with van der Waals surface area (Å²) in [6, 6.07) is 7.04. The fourth-order valence-electron chi connectivity index (χ4n) is 2.06. The third-order valence-corrected chi connectivity index (χ3v) is 3.54. The van der Waals surface area contributed by atoms with E-state index < -0.39 is 0 Å². The summed E-state index contributed by atoms with van der Waals surface area (Å²) in [6.45, 7) is 3.92. The number of aromatic nitrogens is 3. The summed E-state index contributed by atoms with van der Waals surface area (Å²) in [5, 5.41) is 13.8. The zero-order valence-corrected chi connectivity index (χ0v) is 13.0. The second kappa shape index (κ2) is 5.29. The molecule has 0 unspecified atom stereocenters. The topological polar surface area (TPSA) is 72.0 Å². The zero-order chi connectivity index (χ0) is 15.0. The summed E-state index contributed by atoms with van der Waals surface area (Å²) in [6.07, 6.45) is 1.76. The molecule has 0 bridgehead atoms. The fourth-order valence-corrected chi connectivity index (χ4v) is 2.42. The quantitative estimate of drug-likeness (QED) is 0.762. The van der Waals surface area contributed by atoms with Crippen LogP contribution in [0, 0.1) is 13.8 Å². The number of hydrogen-bond acceptors (Lipinski definition) is 5. The SMILES string of the molecule is Cc1cnc(-c2noc(-c3cc(Br)ccc3O)n2)c(C)c1. The van der Waals surface area contributed by atoms with Gasteiger partial charge in [-0.15, -0.1) is 0 Å². The minimum absolute atomic E-state index is 0.0852. The highest BCUT2D eigenvalue weighted by Crippen LogP contribution is 2.32. The van der Waals surface area contributed by atoms with Crippen LogP contribution in [0.5, 0.6) is 5.75 Å². The first-order chi connectivity index (χ1) is 10.0. The van der Waals surface area contributed by atoms with Crippen LogP contribution in [0.2, 0.25) is 0 Å². The summed E-state index contributed by atoms with van der Waals surface area (Å²) in [5.41, 5.74) is 3.20. The summed E-state index contributed by atoms with van der Waals surface area (Å²) in [4.78, 5) is 8.66. The van der Waals surface area contributed by atoms with Gasteiger partial charge >= 0.3 is 0 Å². The molecular formula is C15H12BrN3O2. The van der Waals surface area contributed by atoms with Gasteiger partial charge in [-0.05, 0) is 43.2 Å². The molecule has 5 nitrogen and oxygen atoms in total. The van der Waals surface area contributed by atoms with Gasteiger partial charge in [0.25, 0.3) is 5.89 Å². The fraction of sp³-hybridized carbons (Fsp3) is 0.133. The number of aryl methyl sites for hydroxylation is 2. The van der Waals surface area contributed by atoms with Crippen LogP contribution < -0.4 is 0 Å². The number of aromatic hydroxyl groups is 1. The van der Waals surface area contributed by atoms with Gasteiger partial charge in [0.15, 0.2) is 0 Å². The van der Waals surface area contributed by atoms with Crippen LogP contribution in [0.4, 0.5) is 0 Å². The highest BCUT2D eigenvalue weighted by Gasteiger charge is 2.16. The predicted octanol–water partition coefficient (Wildman–Crippen LogP) is 3.88. The molecule has 1 aromatic carbocycles. The summed E-state index contributed by atoms with van der Waals surface area (Å²) in [5.74, 6) is 0.745. The van der Waals surface area contributed by atoms with E-state index in [-0.39, 0.29) is 11.6 Å². The molecule has 0 spiro atoms. The van der Waals surface area contributed by atoms with Crippen molar-refractivity contribution in [2.75, 3.05) is 0 Å². The lowest BCUT2D eigenvalue weighted by molar-refractivity contribution is 0.425. The normalized spacial score (nSPS) is 10.8. The molecule has 0 fully saturated rings. The molecule has 6 heteroatoms. The van der Waals surface area contributed by atoms with Crippen molar-refractivity contribution in [1.29, 1.82) is 0 Å². The Morgan fingerprint density at radius 3 is 2.76 bits per heavy atom. The van der Waals surface area contributed by atoms with Gasteiger partial charge < -0.3 is 9.63 Å². The number of benzene rings is 1. The average Bonchev–Trinajstić information content (AvgIpc) is 2.91. The Labute approximate surface area is 129 Å². The zero-order valence-electron chi connectivity index (χ0n) is 11.5. The van der Waals surface area contributed by atoms with Gasteiger partial charge in [0.2, 0.25) is 5.82 Å². The number of phenols is 1. The number of halogens is 1. The molecule has 0 saturated carbocycles. The Hall–Kier alpha value is -2.21. The van der Waals surface area contributed by atoms with Crippen molar-refractivity contribution in [2.45, 2.75) is 13.8 Å². The first-order valence-electron chi connectivity index (χ1n) is 6.31. The van der Waals surface area contributed by atoms with Crippen molar-refractivity contribution in [3.8, 4) is 28.7 Å². The Bertz CT molecular complexity index is 814. The lowest BCUT2D eigenvalue weighted by atomic mass is 10.1. The lowest BCUT2D eigenvalue weighted by Gasteiger charge is -2.01. The molecule has 3 aromatic rings. The number of pyridine rings is 1. The predicted molar refractivity (Wildman–Crippen MR) is 81.8 cm³/mol. The Morgan fingerprint density at radius 2 is 2.00 bits per heavy atom. The van der Waals surface area contributed by atoms with E-state index in [1.807, 2.05) is 19.9 Å². The van der Waals surface area contributed by atoms with Crippen LogP contribution in [-0.4, -0.2) is 20.2 Å². The monoisotopic (exact) mass is 345 g/mol. The van der Waals surface area contributed by atoms with E-state index in [0.717, 1.165) is 15.6 Å². The van der Waals surface area contributed by atoms with Gasteiger partial charge in [-0.3, -0.25) is 4.98 Å². The first-order valence-corrected chi connectivity index (χ1v) is 7.10. The van der Waals surface area contributed by atoms with E-state index in [1.165, 1.54) is 0 Å². The highest BCUT2D eigenvalue weighted by molar-refractivity contribution is 9.10. The summed E-state index contributed by atoms with van der Waals surface area (Å²) < 4.78 is 6.06. The van der Waals surface area contributed by atoms with Crippen LogP contribution in [0.15, 0.2) is 39.5 Å². The van der Waals surface area contributed by atoms with Crippen molar-refractivity contribution < 1.29 is 9.63 Å². The molecular weight excluding hydrogens is 334 g/mol. The van der Waals surface area contributed by atoms with E-state index in [0.29, 0.717) is 17.1 Å². The molecule has 0 aliphatic carbocycles. The maximum absolute atomic E-state index is 9.89. The van der Waals surface area contributed by atoms with E-state index >= 15 is 0 Å². The molecule has 0 aliphatic rings. The Balaban J connectivity index is 2.06. The molecule has 2 heterocycles. The third kappa shape index (κ3) is 2.67. The van der Waals surface area contributed by atoms with Crippen molar-refractivity contribution >= 4 is 15.9 Å². The number of nitrogens with zero attached hydrogens (tertiary/aromatic N) is 3. The molecule has 3 rings (SSSR count).